The molecular formula is C11H24N2O2. The van der Waals surface area contributed by atoms with Gasteiger partial charge in [0.2, 0.25) is 0 Å². The highest BCUT2D eigenvalue weighted by atomic mass is 16.7. The fraction of sp³-hybridized carbons (Fsp3) is 1.00. The van der Waals surface area contributed by atoms with Crippen molar-refractivity contribution in [3.63, 3.8) is 0 Å². The second-order valence-corrected chi connectivity index (χ2v) is 4.23. The molecule has 0 aromatic carbocycles. The average Bonchev–Trinajstić information content (AvgIpc) is 2.26. The molecule has 1 aliphatic rings. The van der Waals surface area contributed by atoms with Crippen LogP contribution >= 0.6 is 0 Å². The summed E-state index contributed by atoms with van der Waals surface area (Å²) in [4.78, 5) is 5.07. The maximum absolute atomic E-state index is 5.83. The molecule has 0 aliphatic heterocycles. The molecule has 1 aliphatic carbocycles. The molecule has 3 atom stereocenters. The molecule has 4 nitrogen and oxygen atoms in total. The molecule has 1 rings (SSSR count). The van der Waals surface area contributed by atoms with Crippen LogP contribution in [0.3, 0.4) is 0 Å². The van der Waals surface area contributed by atoms with Crippen molar-refractivity contribution in [1.29, 1.82) is 0 Å². The fourth-order valence-corrected chi connectivity index (χ4v) is 2.15. The van der Waals surface area contributed by atoms with Gasteiger partial charge in [-0.1, -0.05) is 13.8 Å². The standard InChI is InChI=1S/C11H24N2O2/c1-3-7-14-11-6-4-5-10(9(11)2)13-15-8-12/h9-11,13H,3-8,12H2,1-2H3. The van der Waals surface area contributed by atoms with Gasteiger partial charge < -0.3 is 10.5 Å². The van der Waals surface area contributed by atoms with E-state index in [1.54, 1.807) is 0 Å². The third-order valence-electron chi connectivity index (χ3n) is 3.08. The molecule has 1 saturated carbocycles. The molecule has 0 spiro atoms. The van der Waals surface area contributed by atoms with Gasteiger partial charge in [0, 0.05) is 12.6 Å². The minimum Gasteiger partial charge on any atom is -0.378 e. The average molecular weight is 216 g/mol. The number of rotatable bonds is 6. The Balaban J connectivity index is 2.33. The quantitative estimate of drug-likeness (QED) is 0.520. The Labute approximate surface area is 92.5 Å². The van der Waals surface area contributed by atoms with E-state index in [1.807, 2.05) is 0 Å². The van der Waals surface area contributed by atoms with Gasteiger partial charge >= 0.3 is 0 Å². The van der Waals surface area contributed by atoms with Crippen LogP contribution in [-0.4, -0.2) is 25.5 Å². The molecule has 3 unspecified atom stereocenters. The van der Waals surface area contributed by atoms with Crippen molar-refractivity contribution >= 4 is 0 Å². The summed E-state index contributed by atoms with van der Waals surface area (Å²) >= 11 is 0. The van der Waals surface area contributed by atoms with Crippen molar-refractivity contribution in [2.75, 3.05) is 13.3 Å². The number of hydrogen-bond acceptors (Lipinski definition) is 4. The summed E-state index contributed by atoms with van der Waals surface area (Å²) in [6, 6.07) is 0.379. The molecule has 0 aromatic heterocycles. The minimum atomic E-state index is 0.226. The first kappa shape index (κ1) is 12.9. The molecule has 4 heteroatoms. The van der Waals surface area contributed by atoms with Crippen LogP contribution in [0, 0.1) is 5.92 Å². The third-order valence-corrected chi connectivity index (χ3v) is 3.08. The Kier molecular flexibility index (Phi) is 6.17. The first-order chi connectivity index (χ1) is 7.29. The lowest BCUT2D eigenvalue weighted by Crippen LogP contribution is -2.45. The number of hydroxylamine groups is 1. The smallest absolute Gasteiger partial charge is 0.116 e. The Morgan fingerprint density at radius 2 is 2.20 bits per heavy atom. The Morgan fingerprint density at radius 1 is 1.40 bits per heavy atom. The first-order valence-corrected chi connectivity index (χ1v) is 5.98. The Hall–Kier alpha value is -0.160. The predicted molar refractivity (Wildman–Crippen MR) is 60.1 cm³/mol. The van der Waals surface area contributed by atoms with E-state index in [4.69, 9.17) is 15.3 Å². The van der Waals surface area contributed by atoms with Crippen LogP contribution in [-0.2, 0) is 9.57 Å². The molecule has 90 valence electrons. The lowest BCUT2D eigenvalue weighted by atomic mass is 9.84. The van der Waals surface area contributed by atoms with E-state index in [-0.39, 0.29) is 6.73 Å². The number of nitrogens with two attached hydrogens (primary N) is 1. The van der Waals surface area contributed by atoms with Gasteiger partial charge in [0.25, 0.3) is 0 Å². The van der Waals surface area contributed by atoms with E-state index in [0.717, 1.165) is 19.4 Å². The van der Waals surface area contributed by atoms with Gasteiger partial charge in [-0.25, -0.2) is 0 Å². The molecular weight excluding hydrogens is 192 g/mol. The van der Waals surface area contributed by atoms with Crippen molar-refractivity contribution in [1.82, 2.24) is 5.48 Å². The second-order valence-electron chi connectivity index (χ2n) is 4.23. The van der Waals surface area contributed by atoms with Crippen LogP contribution in [0.15, 0.2) is 0 Å². The Morgan fingerprint density at radius 3 is 2.87 bits per heavy atom. The predicted octanol–water partition coefficient (Wildman–Crippen LogP) is 1.41. The number of hydrogen-bond donors (Lipinski definition) is 2. The number of nitrogens with one attached hydrogen (secondary N) is 1. The topological polar surface area (TPSA) is 56.5 Å². The zero-order chi connectivity index (χ0) is 11.1. The zero-order valence-electron chi connectivity index (χ0n) is 9.87. The van der Waals surface area contributed by atoms with Crippen LogP contribution in [0.25, 0.3) is 0 Å². The monoisotopic (exact) mass is 216 g/mol. The van der Waals surface area contributed by atoms with Crippen LogP contribution in [0.4, 0.5) is 0 Å². The van der Waals surface area contributed by atoms with Crippen molar-refractivity contribution in [3.8, 4) is 0 Å². The molecule has 1 fully saturated rings. The molecule has 0 amide bonds. The van der Waals surface area contributed by atoms with Crippen LogP contribution in [0.2, 0.25) is 0 Å². The van der Waals surface area contributed by atoms with E-state index >= 15 is 0 Å². The maximum Gasteiger partial charge on any atom is 0.116 e. The summed E-state index contributed by atoms with van der Waals surface area (Å²) in [6.45, 7) is 5.45. The molecule has 0 radical (unpaired) electrons. The van der Waals surface area contributed by atoms with Gasteiger partial charge in [-0.15, -0.1) is 0 Å². The second kappa shape index (κ2) is 7.17. The summed E-state index contributed by atoms with van der Waals surface area (Å²) in [7, 11) is 0. The van der Waals surface area contributed by atoms with Crippen molar-refractivity contribution in [3.05, 3.63) is 0 Å². The summed E-state index contributed by atoms with van der Waals surface area (Å²) < 4.78 is 5.83. The van der Waals surface area contributed by atoms with Gasteiger partial charge in [0.15, 0.2) is 0 Å². The first-order valence-electron chi connectivity index (χ1n) is 5.98. The lowest BCUT2D eigenvalue weighted by Gasteiger charge is -2.35. The van der Waals surface area contributed by atoms with E-state index in [0.29, 0.717) is 18.1 Å². The summed E-state index contributed by atoms with van der Waals surface area (Å²) in [6.07, 6.45) is 4.97. The molecule has 0 bridgehead atoms. The zero-order valence-corrected chi connectivity index (χ0v) is 9.87. The van der Waals surface area contributed by atoms with Gasteiger partial charge in [0.1, 0.15) is 6.73 Å². The molecule has 3 N–H and O–H groups in total. The highest BCUT2D eigenvalue weighted by molar-refractivity contribution is 4.83. The van der Waals surface area contributed by atoms with Crippen LogP contribution in [0.1, 0.15) is 39.5 Å². The van der Waals surface area contributed by atoms with E-state index in [9.17, 15) is 0 Å². The summed E-state index contributed by atoms with van der Waals surface area (Å²) in [5.41, 5.74) is 8.31. The van der Waals surface area contributed by atoms with E-state index in [1.165, 1.54) is 12.8 Å². The highest BCUT2D eigenvalue weighted by Gasteiger charge is 2.30. The van der Waals surface area contributed by atoms with E-state index < -0.39 is 0 Å². The molecule has 0 saturated heterocycles. The van der Waals surface area contributed by atoms with E-state index in [2.05, 4.69) is 19.3 Å². The number of ether oxygens (including phenoxy) is 1. The molecule has 0 heterocycles. The van der Waals surface area contributed by atoms with Gasteiger partial charge in [-0.2, -0.15) is 5.48 Å². The normalized spacial score (nSPS) is 31.8. The van der Waals surface area contributed by atoms with Crippen LogP contribution < -0.4 is 11.2 Å². The molecule has 15 heavy (non-hydrogen) atoms. The SMILES string of the molecule is CCCOC1CCCC(NOCN)C1C. The highest BCUT2D eigenvalue weighted by Crippen LogP contribution is 2.27. The van der Waals surface area contributed by atoms with Crippen molar-refractivity contribution in [2.24, 2.45) is 11.7 Å². The largest absolute Gasteiger partial charge is 0.378 e. The minimum absolute atomic E-state index is 0.226. The maximum atomic E-state index is 5.83. The van der Waals surface area contributed by atoms with Gasteiger partial charge in [-0.3, -0.25) is 4.84 Å². The third kappa shape index (κ3) is 4.07. The lowest BCUT2D eigenvalue weighted by molar-refractivity contribution is -0.0612. The van der Waals surface area contributed by atoms with Crippen molar-refractivity contribution < 1.29 is 9.57 Å². The fourth-order valence-electron chi connectivity index (χ4n) is 2.15. The molecule has 0 aromatic rings. The summed E-state index contributed by atoms with van der Waals surface area (Å²) in [5.74, 6) is 0.497. The van der Waals surface area contributed by atoms with Gasteiger partial charge in [-0.05, 0) is 31.6 Å². The summed E-state index contributed by atoms with van der Waals surface area (Å²) in [5, 5.41) is 0. The van der Waals surface area contributed by atoms with Crippen molar-refractivity contribution in [2.45, 2.75) is 51.7 Å². The Bertz CT molecular complexity index is 151. The van der Waals surface area contributed by atoms with Crippen LogP contribution in [0.5, 0.6) is 0 Å². The van der Waals surface area contributed by atoms with Gasteiger partial charge in [0.05, 0.1) is 6.10 Å².